The van der Waals surface area contributed by atoms with E-state index < -0.39 is 0 Å². The third-order valence-electron chi connectivity index (χ3n) is 6.65. The molecule has 1 atom stereocenters. The van der Waals surface area contributed by atoms with E-state index in [2.05, 4.69) is 74.8 Å². The minimum Gasteiger partial charge on any atom is -0.487 e. The lowest BCUT2D eigenvalue weighted by Crippen LogP contribution is -2.38. The molecule has 1 aliphatic carbocycles. The fourth-order valence-electron chi connectivity index (χ4n) is 5.05. The van der Waals surface area contributed by atoms with E-state index in [1.54, 1.807) is 6.08 Å². The Labute approximate surface area is 235 Å². The van der Waals surface area contributed by atoms with E-state index in [4.69, 9.17) is 9.73 Å². The van der Waals surface area contributed by atoms with Crippen LogP contribution in [-0.2, 0) is 6.42 Å². The van der Waals surface area contributed by atoms with Crippen LogP contribution in [0.4, 0.5) is 0 Å². The van der Waals surface area contributed by atoms with Crippen molar-refractivity contribution in [3.63, 3.8) is 0 Å². The molecule has 7 heteroatoms. The smallest absolute Gasteiger partial charge is 0.271 e. The van der Waals surface area contributed by atoms with Gasteiger partial charge in [-0.05, 0) is 85.2 Å². The van der Waals surface area contributed by atoms with Gasteiger partial charge >= 0.3 is 0 Å². The average molecular weight is 634 g/mol. The summed E-state index contributed by atoms with van der Waals surface area (Å²) in [5.41, 5.74) is 6.67. The fourth-order valence-corrected chi connectivity index (χ4v) is 7.50. The molecule has 0 saturated carbocycles. The van der Waals surface area contributed by atoms with E-state index in [1.165, 1.54) is 28.0 Å². The van der Waals surface area contributed by atoms with Gasteiger partial charge in [0.1, 0.15) is 12.4 Å². The molecule has 0 radical (unpaired) electrons. The van der Waals surface area contributed by atoms with Gasteiger partial charge in [-0.2, -0.15) is 0 Å². The van der Waals surface area contributed by atoms with Crippen molar-refractivity contribution in [1.82, 2.24) is 4.57 Å². The predicted octanol–water partition coefficient (Wildman–Crippen LogP) is 6.41. The average Bonchev–Trinajstić information content (AvgIpc) is 3.21. The zero-order valence-electron chi connectivity index (χ0n) is 19.8. The number of thiazole rings is 1. The van der Waals surface area contributed by atoms with Gasteiger partial charge in [0.2, 0.25) is 0 Å². The van der Waals surface area contributed by atoms with Crippen LogP contribution in [-0.4, -0.2) is 11.2 Å². The van der Waals surface area contributed by atoms with Crippen LogP contribution in [0.3, 0.4) is 0 Å². The molecule has 4 nitrogen and oxygen atoms in total. The maximum Gasteiger partial charge on any atom is 0.271 e. The second-order valence-electron chi connectivity index (χ2n) is 8.94. The van der Waals surface area contributed by atoms with Crippen LogP contribution >= 0.6 is 43.2 Å². The molecule has 1 aromatic heterocycles. The standard InChI is InChI=1S/C30H22Br2N2O2S/c1-2-14-36-28-23(31)15-18(16-24(28)32)17-25-29(35)34-27(20-9-4-3-5-10-20)22-13-12-19-8-6-7-11-21(19)26(22)33-30(34)37-25/h2-11,15-17,27H,1,12-14H2/b25-17+/t27-/m0/s1. The van der Waals surface area contributed by atoms with Crippen molar-refractivity contribution in [1.29, 1.82) is 0 Å². The van der Waals surface area contributed by atoms with E-state index >= 15 is 0 Å². The lowest BCUT2D eigenvalue weighted by atomic mass is 9.83. The quantitative estimate of drug-likeness (QED) is 0.239. The number of aryl methyl sites for hydroxylation is 1. The van der Waals surface area contributed by atoms with Crippen LogP contribution in [0, 0.1) is 0 Å². The van der Waals surface area contributed by atoms with Crippen LogP contribution in [0.5, 0.6) is 5.75 Å². The summed E-state index contributed by atoms with van der Waals surface area (Å²) in [6.45, 7) is 4.11. The molecule has 0 bridgehead atoms. The van der Waals surface area contributed by atoms with Gasteiger partial charge in [-0.1, -0.05) is 78.6 Å². The molecule has 1 aliphatic heterocycles. The lowest BCUT2D eigenvalue weighted by Gasteiger charge is -2.30. The van der Waals surface area contributed by atoms with Gasteiger partial charge in [0.15, 0.2) is 4.80 Å². The second kappa shape index (κ2) is 10.0. The normalized spacial score (nSPS) is 16.5. The summed E-state index contributed by atoms with van der Waals surface area (Å²) in [5.74, 6) is 0.703. The van der Waals surface area contributed by atoms with Gasteiger partial charge < -0.3 is 4.74 Å². The molecule has 0 N–H and O–H groups in total. The summed E-state index contributed by atoms with van der Waals surface area (Å²) in [4.78, 5) is 19.7. The highest BCUT2D eigenvalue weighted by atomic mass is 79.9. The molecular formula is C30H22Br2N2O2S. The molecule has 0 saturated heterocycles. The van der Waals surface area contributed by atoms with Crippen LogP contribution in [0.25, 0.3) is 11.8 Å². The van der Waals surface area contributed by atoms with Gasteiger partial charge in [-0.15, -0.1) is 0 Å². The number of halogens is 2. The summed E-state index contributed by atoms with van der Waals surface area (Å²) in [6.07, 6.45) is 5.45. The molecule has 184 valence electrons. The predicted molar refractivity (Wildman–Crippen MR) is 157 cm³/mol. The Morgan fingerprint density at radius 1 is 1.05 bits per heavy atom. The number of allylic oxidation sites excluding steroid dienone is 1. The van der Waals surface area contributed by atoms with Crippen molar-refractivity contribution in [3.05, 3.63) is 136 Å². The number of fused-ring (bicyclic) bond motifs is 3. The molecule has 4 aromatic rings. The molecule has 0 fully saturated rings. The van der Waals surface area contributed by atoms with E-state index in [-0.39, 0.29) is 11.6 Å². The number of nitrogens with zero attached hydrogens (tertiary/aromatic N) is 2. The molecule has 37 heavy (non-hydrogen) atoms. The van der Waals surface area contributed by atoms with Gasteiger partial charge in [-0.25, -0.2) is 4.99 Å². The number of hydrogen-bond acceptors (Lipinski definition) is 4. The first-order chi connectivity index (χ1) is 18.0. The monoisotopic (exact) mass is 632 g/mol. The summed E-state index contributed by atoms with van der Waals surface area (Å²) >= 11 is 8.63. The fraction of sp³-hybridized carbons (Fsp3) is 0.133. The summed E-state index contributed by atoms with van der Waals surface area (Å²) in [6, 6.07) is 22.5. The minimum absolute atomic E-state index is 0.0257. The summed E-state index contributed by atoms with van der Waals surface area (Å²) < 4.78 is 9.88. The Hall–Kier alpha value is -3.00. The first kappa shape index (κ1) is 24.3. The van der Waals surface area contributed by atoms with Crippen LogP contribution in [0.2, 0.25) is 0 Å². The Morgan fingerprint density at radius 2 is 1.78 bits per heavy atom. The van der Waals surface area contributed by atoms with Gasteiger partial charge in [0, 0.05) is 5.56 Å². The van der Waals surface area contributed by atoms with Gasteiger partial charge in [0.05, 0.1) is 25.2 Å². The van der Waals surface area contributed by atoms with E-state index in [1.807, 2.05) is 41.0 Å². The second-order valence-corrected chi connectivity index (χ2v) is 11.7. The van der Waals surface area contributed by atoms with E-state index in [9.17, 15) is 4.79 Å². The van der Waals surface area contributed by atoms with Gasteiger partial charge in [-0.3, -0.25) is 9.36 Å². The number of ether oxygens (including phenoxy) is 1. The Kier molecular flexibility index (Phi) is 6.61. The first-order valence-electron chi connectivity index (χ1n) is 12.0. The maximum atomic E-state index is 13.9. The van der Waals surface area contributed by atoms with Crippen molar-refractivity contribution < 1.29 is 4.74 Å². The molecular weight excluding hydrogens is 612 g/mol. The molecule has 2 heterocycles. The van der Waals surface area contributed by atoms with Crippen LogP contribution < -0.4 is 19.6 Å². The Balaban J connectivity index is 1.54. The topological polar surface area (TPSA) is 43.6 Å². The lowest BCUT2D eigenvalue weighted by molar-refractivity contribution is 0.358. The van der Waals surface area contributed by atoms with Crippen LogP contribution in [0.15, 0.2) is 104 Å². The van der Waals surface area contributed by atoms with Crippen LogP contribution in [0.1, 0.15) is 34.7 Å². The summed E-state index contributed by atoms with van der Waals surface area (Å²) in [7, 11) is 0. The molecule has 6 rings (SSSR count). The van der Waals surface area contributed by atoms with Gasteiger partial charge in [0.25, 0.3) is 5.56 Å². The molecule has 0 unspecified atom stereocenters. The number of hydrogen-bond donors (Lipinski definition) is 0. The molecule has 0 amide bonds. The first-order valence-corrected chi connectivity index (χ1v) is 14.4. The largest absolute Gasteiger partial charge is 0.487 e. The molecule has 2 aliphatic rings. The zero-order chi connectivity index (χ0) is 25.5. The highest BCUT2D eigenvalue weighted by molar-refractivity contribution is 9.11. The number of benzene rings is 3. The van der Waals surface area contributed by atoms with Crippen molar-refractivity contribution in [2.75, 3.05) is 6.61 Å². The summed E-state index contributed by atoms with van der Waals surface area (Å²) in [5, 5.41) is 0. The number of aromatic nitrogens is 1. The molecule has 3 aromatic carbocycles. The Bertz CT molecular complexity index is 1730. The zero-order valence-corrected chi connectivity index (χ0v) is 23.8. The van der Waals surface area contributed by atoms with Crippen molar-refractivity contribution in [2.45, 2.75) is 18.9 Å². The van der Waals surface area contributed by atoms with Crippen molar-refractivity contribution >= 4 is 55.0 Å². The highest BCUT2D eigenvalue weighted by Gasteiger charge is 2.32. The van der Waals surface area contributed by atoms with E-state index in [0.29, 0.717) is 16.9 Å². The van der Waals surface area contributed by atoms with Crippen molar-refractivity contribution in [2.24, 2.45) is 4.99 Å². The minimum atomic E-state index is -0.170. The Morgan fingerprint density at radius 3 is 2.54 bits per heavy atom. The number of rotatable bonds is 5. The SMILES string of the molecule is C=CCOc1c(Br)cc(/C=c2/sc3n(c2=O)[C@@H](c2ccccc2)C2=C(N=3)c3ccccc3CC2)cc1Br. The third-order valence-corrected chi connectivity index (χ3v) is 8.81. The maximum absolute atomic E-state index is 13.9. The van der Waals surface area contributed by atoms with E-state index in [0.717, 1.165) is 43.4 Å². The highest BCUT2D eigenvalue weighted by Crippen LogP contribution is 2.41. The van der Waals surface area contributed by atoms with Crippen molar-refractivity contribution in [3.8, 4) is 5.75 Å². The molecule has 0 spiro atoms. The third kappa shape index (κ3) is 4.39.